The van der Waals surface area contributed by atoms with E-state index in [1.165, 1.54) is 21.9 Å². The van der Waals surface area contributed by atoms with Crippen LogP contribution in [0.5, 0.6) is 0 Å². The van der Waals surface area contributed by atoms with Gasteiger partial charge in [-0.3, -0.25) is 14.5 Å². The lowest BCUT2D eigenvalue weighted by atomic mass is 10.0. The number of anilines is 2. The van der Waals surface area contributed by atoms with Crippen molar-refractivity contribution >= 4 is 34.8 Å². The fraction of sp³-hybridized carbons (Fsp3) is 0.130. The number of para-hydroxylation sites is 2. The SMILES string of the molecule is C[C@H]1C(=O)N(Cc2c(F)cccc2Cl)c2ccccc2N1C(=O)c1ccccc1. The van der Waals surface area contributed by atoms with Crippen molar-refractivity contribution in [1.82, 2.24) is 0 Å². The van der Waals surface area contributed by atoms with Gasteiger partial charge in [0.1, 0.15) is 11.9 Å². The Morgan fingerprint density at radius 3 is 2.31 bits per heavy atom. The van der Waals surface area contributed by atoms with Crippen LogP contribution in [0.1, 0.15) is 22.8 Å². The second-order valence-electron chi connectivity index (χ2n) is 6.83. The molecule has 3 aromatic rings. The fourth-order valence-corrected chi connectivity index (χ4v) is 3.79. The topological polar surface area (TPSA) is 40.6 Å². The van der Waals surface area contributed by atoms with Gasteiger partial charge in [-0.25, -0.2) is 4.39 Å². The molecule has 0 bridgehead atoms. The van der Waals surface area contributed by atoms with E-state index in [4.69, 9.17) is 11.6 Å². The normalized spacial score (nSPS) is 16.0. The van der Waals surface area contributed by atoms with Gasteiger partial charge in [0.05, 0.1) is 17.9 Å². The van der Waals surface area contributed by atoms with Crippen molar-refractivity contribution in [2.75, 3.05) is 9.80 Å². The number of carbonyl (C=O) groups is 2. The van der Waals surface area contributed by atoms with Crippen LogP contribution in [0, 0.1) is 5.82 Å². The average molecular weight is 409 g/mol. The Hall–Kier alpha value is -3.18. The summed E-state index contributed by atoms with van der Waals surface area (Å²) in [7, 11) is 0. The molecule has 0 saturated carbocycles. The first kappa shape index (κ1) is 19.2. The van der Waals surface area contributed by atoms with Crippen LogP contribution >= 0.6 is 11.6 Å². The highest BCUT2D eigenvalue weighted by atomic mass is 35.5. The largest absolute Gasteiger partial charge is 0.304 e. The zero-order valence-electron chi connectivity index (χ0n) is 15.7. The molecule has 1 heterocycles. The third-order valence-electron chi connectivity index (χ3n) is 5.06. The first-order chi connectivity index (χ1) is 14.0. The number of benzene rings is 3. The molecule has 0 aromatic heterocycles. The Bertz CT molecular complexity index is 1070. The second-order valence-corrected chi connectivity index (χ2v) is 7.24. The van der Waals surface area contributed by atoms with Crippen molar-refractivity contribution in [3.63, 3.8) is 0 Å². The molecule has 3 aromatic carbocycles. The highest BCUT2D eigenvalue weighted by Crippen LogP contribution is 2.38. The molecule has 4 nitrogen and oxygen atoms in total. The van der Waals surface area contributed by atoms with E-state index in [0.29, 0.717) is 16.9 Å². The molecular formula is C23H18ClFN2O2. The van der Waals surface area contributed by atoms with Crippen LogP contribution in [0.4, 0.5) is 15.8 Å². The number of carbonyl (C=O) groups excluding carboxylic acids is 2. The Balaban J connectivity index is 1.78. The minimum Gasteiger partial charge on any atom is -0.304 e. The van der Waals surface area contributed by atoms with Gasteiger partial charge in [-0.1, -0.05) is 48.0 Å². The summed E-state index contributed by atoms with van der Waals surface area (Å²) in [4.78, 5) is 29.4. The lowest BCUT2D eigenvalue weighted by Gasteiger charge is -2.40. The third-order valence-corrected chi connectivity index (χ3v) is 5.41. The van der Waals surface area contributed by atoms with Gasteiger partial charge in [0.2, 0.25) is 5.91 Å². The van der Waals surface area contributed by atoms with E-state index in [1.54, 1.807) is 61.5 Å². The summed E-state index contributed by atoms with van der Waals surface area (Å²) in [5.74, 6) is -1.03. The Morgan fingerprint density at radius 1 is 0.966 bits per heavy atom. The maximum Gasteiger partial charge on any atom is 0.259 e. The zero-order chi connectivity index (χ0) is 20.5. The van der Waals surface area contributed by atoms with Gasteiger partial charge < -0.3 is 4.90 Å². The van der Waals surface area contributed by atoms with Crippen molar-refractivity contribution in [2.24, 2.45) is 0 Å². The minimum absolute atomic E-state index is 0.0148. The van der Waals surface area contributed by atoms with E-state index in [1.807, 2.05) is 6.07 Å². The van der Waals surface area contributed by atoms with Gasteiger partial charge in [-0.2, -0.15) is 0 Å². The lowest BCUT2D eigenvalue weighted by Crippen LogP contribution is -2.54. The number of hydrogen-bond acceptors (Lipinski definition) is 2. The molecule has 6 heteroatoms. The summed E-state index contributed by atoms with van der Waals surface area (Å²) < 4.78 is 14.3. The number of nitrogens with zero attached hydrogens (tertiary/aromatic N) is 2. The first-order valence-electron chi connectivity index (χ1n) is 9.21. The van der Waals surface area contributed by atoms with Crippen molar-refractivity contribution < 1.29 is 14.0 Å². The lowest BCUT2D eigenvalue weighted by molar-refractivity contribution is -0.119. The van der Waals surface area contributed by atoms with Crippen LogP contribution in [0.15, 0.2) is 72.8 Å². The standard InChI is InChI=1S/C23H18ClFN2O2/c1-15-22(28)26(14-17-18(24)10-7-11-19(17)25)20-12-5-6-13-21(20)27(15)23(29)16-8-3-2-4-9-16/h2-13,15H,14H2,1H3/t15-/m0/s1. The quantitative estimate of drug-likeness (QED) is 0.607. The third kappa shape index (κ3) is 3.38. The summed E-state index contributed by atoms with van der Waals surface area (Å²) >= 11 is 6.18. The number of fused-ring (bicyclic) bond motifs is 1. The van der Waals surface area contributed by atoms with Gasteiger partial charge in [0.15, 0.2) is 0 Å². The summed E-state index contributed by atoms with van der Waals surface area (Å²) in [5, 5.41) is 0.255. The molecule has 0 radical (unpaired) electrons. The Kier molecular flexibility index (Phi) is 5.07. The van der Waals surface area contributed by atoms with Gasteiger partial charge in [-0.05, 0) is 43.3 Å². The molecule has 1 atom stereocenters. The second kappa shape index (κ2) is 7.68. The van der Waals surface area contributed by atoms with E-state index >= 15 is 0 Å². The molecule has 2 amide bonds. The molecule has 4 rings (SSSR count). The number of amides is 2. The summed E-state index contributed by atoms with van der Waals surface area (Å²) in [6.45, 7) is 1.66. The fourth-order valence-electron chi connectivity index (χ4n) is 3.57. The van der Waals surface area contributed by atoms with E-state index in [-0.39, 0.29) is 28.9 Å². The van der Waals surface area contributed by atoms with Crippen molar-refractivity contribution in [3.8, 4) is 0 Å². The molecule has 0 saturated heterocycles. The van der Waals surface area contributed by atoms with E-state index in [0.717, 1.165) is 0 Å². The van der Waals surface area contributed by atoms with Crippen molar-refractivity contribution in [1.29, 1.82) is 0 Å². The summed E-state index contributed by atoms with van der Waals surface area (Å²) in [6, 6.07) is 19.6. The molecule has 1 aliphatic heterocycles. The van der Waals surface area contributed by atoms with Crippen LogP contribution < -0.4 is 9.80 Å². The van der Waals surface area contributed by atoms with Crippen molar-refractivity contribution in [3.05, 3.63) is 94.8 Å². The Morgan fingerprint density at radius 2 is 1.62 bits per heavy atom. The van der Waals surface area contributed by atoms with Crippen LogP contribution in [0.2, 0.25) is 5.02 Å². The Labute approximate surface area is 173 Å². The average Bonchev–Trinajstić information content (AvgIpc) is 2.74. The van der Waals surface area contributed by atoms with Gasteiger partial charge in [-0.15, -0.1) is 0 Å². The van der Waals surface area contributed by atoms with Crippen LogP contribution in [-0.4, -0.2) is 17.9 Å². The van der Waals surface area contributed by atoms with E-state index < -0.39 is 11.9 Å². The molecule has 0 N–H and O–H groups in total. The summed E-state index contributed by atoms with van der Waals surface area (Å²) in [6.07, 6.45) is 0. The van der Waals surface area contributed by atoms with Crippen LogP contribution in [0.25, 0.3) is 0 Å². The molecule has 146 valence electrons. The number of halogens is 2. The smallest absolute Gasteiger partial charge is 0.259 e. The van der Waals surface area contributed by atoms with E-state index in [2.05, 4.69) is 0 Å². The molecule has 0 aliphatic carbocycles. The monoisotopic (exact) mass is 408 g/mol. The number of rotatable bonds is 3. The van der Waals surface area contributed by atoms with Crippen LogP contribution in [-0.2, 0) is 11.3 Å². The maximum atomic E-state index is 14.3. The zero-order valence-corrected chi connectivity index (χ0v) is 16.4. The van der Waals surface area contributed by atoms with Gasteiger partial charge in [0.25, 0.3) is 5.91 Å². The van der Waals surface area contributed by atoms with Crippen LogP contribution in [0.3, 0.4) is 0 Å². The molecular weight excluding hydrogens is 391 g/mol. The molecule has 0 spiro atoms. The summed E-state index contributed by atoms with van der Waals surface area (Å²) in [5.41, 5.74) is 1.88. The predicted octanol–water partition coefficient (Wildman–Crippen LogP) is 5.06. The van der Waals surface area contributed by atoms with Crippen molar-refractivity contribution in [2.45, 2.75) is 19.5 Å². The highest BCUT2D eigenvalue weighted by Gasteiger charge is 2.39. The minimum atomic E-state index is -0.747. The molecule has 1 aliphatic rings. The molecule has 0 unspecified atom stereocenters. The first-order valence-corrected chi connectivity index (χ1v) is 9.58. The number of hydrogen-bond donors (Lipinski definition) is 0. The maximum absolute atomic E-state index is 14.3. The van der Waals surface area contributed by atoms with Gasteiger partial charge >= 0.3 is 0 Å². The predicted molar refractivity (Wildman–Crippen MR) is 112 cm³/mol. The highest BCUT2D eigenvalue weighted by molar-refractivity contribution is 6.31. The molecule has 0 fully saturated rings. The molecule has 29 heavy (non-hydrogen) atoms. The van der Waals surface area contributed by atoms with Gasteiger partial charge in [0, 0.05) is 16.1 Å². The van der Waals surface area contributed by atoms with E-state index in [9.17, 15) is 14.0 Å².